The number of hydrogen-bond acceptors (Lipinski definition) is 3. The molecule has 13 heavy (non-hydrogen) atoms. The maximum atomic E-state index is 10.7. The molecule has 0 saturated carbocycles. The number of carbonyl (C=O) groups is 1. The van der Waals surface area contributed by atoms with E-state index in [9.17, 15) is 4.79 Å². The second-order valence-corrected chi connectivity index (χ2v) is 2.46. The normalized spacial score (nSPS) is 9.69. The van der Waals surface area contributed by atoms with Crippen molar-refractivity contribution in [1.82, 2.24) is 10.6 Å². The standard InChI is InChI=1S/C8H18N2O3/c1-9-8(11)10-4-3-5-13-7-6-12-2/h3-7H2,1-2H3,(H2,9,10,11). The Labute approximate surface area is 78.8 Å². The zero-order chi connectivity index (χ0) is 9.94. The van der Waals surface area contributed by atoms with E-state index in [1.54, 1.807) is 14.2 Å². The number of methoxy groups -OCH3 is 1. The first-order valence-corrected chi connectivity index (χ1v) is 4.33. The maximum Gasteiger partial charge on any atom is 0.314 e. The van der Waals surface area contributed by atoms with Crippen molar-refractivity contribution in [3.05, 3.63) is 0 Å². The van der Waals surface area contributed by atoms with Crippen molar-refractivity contribution in [3.63, 3.8) is 0 Å². The first-order valence-electron chi connectivity index (χ1n) is 4.33. The zero-order valence-electron chi connectivity index (χ0n) is 8.26. The molecule has 0 rings (SSSR count). The van der Waals surface area contributed by atoms with E-state index in [0.29, 0.717) is 26.4 Å². The summed E-state index contributed by atoms with van der Waals surface area (Å²) < 4.78 is 9.99. The van der Waals surface area contributed by atoms with Crippen LogP contribution >= 0.6 is 0 Å². The Kier molecular flexibility index (Phi) is 8.70. The molecule has 0 radical (unpaired) electrons. The fraction of sp³-hybridized carbons (Fsp3) is 0.875. The molecule has 0 aliphatic heterocycles. The van der Waals surface area contributed by atoms with Gasteiger partial charge in [0.25, 0.3) is 0 Å². The predicted molar refractivity (Wildman–Crippen MR) is 49.8 cm³/mol. The van der Waals surface area contributed by atoms with E-state index < -0.39 is 0 Å². The highest BCUT2D eigenvalue weighted by atomic mass is 16.5. The van der Waals surface area contributed by atoms with Crippen molar-refractivity contribution in [2.75, 3.05) is 40.5 Å². The molecule has 0 aromatic rings. The minimum atomic E-state index is -0.156. The summed E-state index contributed by atoms with van der Waals surface area (Å²) in [5.41, 5.74) is 0. The molecule has 78 valence electrons. The summed E-state index contributed by atoms with van der Waals surface area (Å²) in [6, 6.07) is -0.156. The van der Waals surface area contributed by atoms with Crippen LogP contribution in [0.2, 0.25) is 0 Å². The molecule has 5 heteroatoms. The number of ether oxygens (including phenoxy) is 2. The van der Waals surface area contributed by atoms with Crippen molar-refractivity contribution in [2.45, 2.75) is 6.42 Å². The van der Waals surface area contributed by atoms with Gasteiger partial charge in [-0.3, -0.25) is 0 Å². The molecule has 0 aromatic carbocycles. The van der Waals surface area contributed by atoms with Crippen LogP contribution in [0, 0.1) is 0 Å². The van der Waals surface area contributed by atoms with Crippen LogP contribution < -0.4 is 10.6 Å². The summed E-state index contributed by atoms with van der Waals surface area (Å²) in [5, 5.41) is 5.13. The number of carbonyl (C=O) groups excluding carboxylic acids is 1. The molecular weight excluding hydrogens is 172 g/mol. The monoisotopic (exact) mass is 190 g/mol. The van der Waals surface area contributed by atoms with Gasteiger partial charge < -0.3 is 20.1 Å². The maximum absolute atomic E-state index is 10.7. The number of urea groups is 1. The van der Waals surface area contributed by atoms with Crippen molar-refractivity contribution in [1.29, 1.82) is 0 Å². The number of rotatable bonds is 7. The molecule has 0 aliphatic carbocycles. The molecule has 2 N–H and O–H groups in total. The fourth-order valence-corrected chi connectivity index (χ4v) is 0.709. The van der Waals surface area contributed by atoms with Crippen LogP contribution in [0.5, 0.6) is 0 Å². The second kappa shape index (κ2) is 9.28. The third-order valence-electron chi connectivity index (χ3n) is 1.41. The lowest BCUT2D eigenvalue weighted by Crippen LogP contribution is -2.33. The van der Waals surface area contributed by atoms with Gasteiger partial charge in [0.15, 0.2) is 0 Å². The van der Waals surface area contributed by atoms with Crippen LogP contribution in [-0.2, 0) is 9.47 Å². The Bertz CT molecular complexity index is 131. The molecule has 0 unspecified atom stereocenters. The van der Waals surface area contributed by atoms with Crippen LogP contribution in [0.4, 0.5) is 4.79 Å². The van der Waals surface area contributed by atoms with Gasteiger partial charge >= 0.3 is 6.03 Å². The number of hydrogen-bond donors (Lipinski definition) is 2. The van der Waals surface area contributed by atoms with Crippen molar-refractivity contribution >= 4 is 6.03 Å². The van der Waals surface area contributed by atoms with E-state index in [2.05, 4.69) is 10.6 Å². The SMILES string of the molecule is CNC(=O)NCCCOCCOC. The minimum absolute atomic E-state index is 0.156. The Morgan fingerprint density at radius 1 is 1.31 bits per heavy atom. The molecule has 0 heterocycles. The third kappa shape index (κ3) is 9.10. The molecule has 0 aromatic heterocycles. The first kappa shape index (κ1) is 12.2. The molecule has 0 saturated heterocycles. The first-order chi connectivity index (χ1) is 6.31. The quantitative estimate of drug-likeness (QED) is 0.554. The van der Waals surface area contributed by atoms with E-state index in [1.165, 1.54) is 0 Å². The Balaban J connectivity index is 2.95. The lowest BCUT2D eigenvalue weighted by Gasteiger charge is -2.04. The highest BCUT2D eigenvalue weighted by Gasteiger charge is 1.93. The van der Waals surface area contributed by atoms with Gasteiger partial charge in [-0.05, 0) is 6.42 Å². The van der Waals surface area contributed by atoms with Crippen molar-refractivity contribution < 1.29 is 14.3 Å². The van der Waals surface area contributed by atoms with Crippen LogP contribution in [0.15, 0.2) is 0 Å². The molecular formula is C8H18N2O3. The summed E-state index contributed by atoms with van der Waals surface area (Å²) in [4.78, 5) is 10.7. The van der Waals surface area contributed by atoms with E-state index in [1.807, 2.05) is 0 Å². The average molecular weight is 190 g/mol. The smallest absolute Gasteiger partial charge is 0.314 e. The molecule has 0 bridgehead atoms. The largest absolute Gasteiger partial charge is 0.382 e. The topological polar surface area (TPSA) is 59.6 Å². The third-order valence-corrected chi connectivity index (χ3v) is 1.41. The molecule has 0 fully saturated rings. The molecule has 0 aliphatic rings. The lowest BCUT2D eigenvalue weighted by molar-refractivity contribution is 0.0697. The highest BCUT2D eigenvalue weighted by molar-refractivity contribution is 5.73. The molecule has 0 spiro atoms. The molecule has 2 amide bonds. The number of amides is 2. The van der Waals surface area contributed by atoms with Gasteiger partial charge in [0.05, 0.1) is 13.2 Å². The van der Waals surface area contributed by atoms with Gasteiger partial charge in [-0.15, -0.1) is 0 Å². The molecule has 5 nitrogen and oxygen atoms in total. The number of nitrogens with one attached hydrogen (secondary N) is 2. The average Bonchev–Trinajstić information content (AvgIpc) is 2.16. The van der Waals surface area contributed by atoms with Gasteiger partial charge in [-0.1, -0.05) is 0 Å². The summed E-state index contributed by atoms with van der Waals surface area (Å²) in [6.07, 6.45) is 0.817. The van der Waals surface area contributed by atoms with Crippen LogP contribution in [-0.4, -0.2) is 46.6 Å². The van der Waals surface area contributed by atoms with Crippen molar-refractivity contribution in [2.24, 2.45) is 0 Å². The van der Waals surface area contributed by atoms with E-state index in [-0.39, 0.29) is 6.03 Å². The fourth-order valence-electron chi connectivity index (χ4n) is 0.709. The zero-order valence-corrected chi connectivity index (χ0v) is 8.26. The van der Waals surface area contributed by atoms with E-state index in [4.69, 9.17) is 9.47 Å². The van der Waals surface area contributed by atoms with Crippen LogP contribution in [0.3, 0.4) is 0 Å². The van der Waals surface area contributed by atoms with Crippen LogP contribution in [0.25, 0.3) is 0 Å². The highest BCUT2D eigenvalue weighted by Crippen LogP contribution is 1.81. The lowest BCUT2D eigenvalue weighted by atomic mass is 10.4. The Hall–Kier alpha value is -0.810. The van der Waals surface area contributed by atoms with Gasteiger partial charge in [0.1, 0.15) is 0 Å². The summed E-state index contributed by atoms with van der Waals surface area (Å²) >= 11 is 0. The van der Waals surface area contributed by atoms with Crippen LogP contribution in [0.1, 0.15) is 6.42 Å². The Morgan fingerprint density at radius 3 is 2.69 bits per heavy atom. The summed E-state index contributed by atoms with van der Waals surface area (Å²) in [6.45, 7) is 2.50. The van der Waals surface area contributed by atoms with E-state index >= 15 is 0 Å². The van der Waals surface area contributed by atoms with Gasteiger partial charge in [0, 0.05) is 27.3 Å². The predicted octanol–water partition coefficient (Wildman–Crippen LogP) is -0.0315. The van der Waals surface area contributed by atoms with Gasteiger partial charge in [-0.25, -0.2) is 4.79 Å². The minimum Gasteiger partial charge on any atom is -0.382 e. The van der Waals surface area contributed by atoms with E-state index in [0.717, 1.165) is 6.42 Å². The molecule has 0 atom stereocenters. The summed E-state index contributed by atoms with van der Waals surface area (Å²) in [7, 11) is 3.22. The second-order valence-electron chi connectivity index (χ2n) is 2.46. The van der Waals surface area contributed by atoms with Gasteiger partial charge in [0.2, 0.25) is 0 Å². The van der Waals surface area contributed by atoms with Gasteiger partial charge in [-0.2, -0.15) is 0 Å². The Morgan fingerprint density at radius 2 is 2.08 bits per heavy atom. The summed E-state index contributed by atoms with van der Waals surface area (Å²) in [5.74, 6) is 0. The van der Waals surface area contributed by atoms with Crippen molar-refractivity contribution in [3.8, 4) is 0 Å².